The number of amides is 1. The summed E-state index contributed by atoms with van der Waals surface area (Å²) in [6, 6.07) is 1.16. The molecule has 0 aliphatic heterocycles. The summed E-state index contributed by atoms with van der Waals surface area (Å²) < 4.78 is 77.7. The predicted octanol–water partition coefficient (Wildman–Crippen LogP) is 4.34. The molecule has 1 aromatic rings. The molecule has 0 atom stereocenters. The van der Waals surface area contributed by atoms with Gasteiger partial charge in [-0.15, -0.1) is 0 Å². The highest BCUT2D eigenvalue weighted by atomic mass is 32.2. The molecular formula is C22H30F4N2O3S. The number of hydrogen-bond donors (Lipinski definition) is 2. The van der Waals surface area contributed by atoms with Crippen molar-refractivity contribution in [2.75, 3.05) is 0 Å². The van der Waals surface area contributed by atoms with Crippen LogP contribution >= 0.6 is 0 Å². The molecule has 3 N–H and O–H groups in total. The molecule has 0 radical (unpaired) electrons. The SMILES string of the molecule is CC(C)([C@H]1C[C@@H](NC(=O)CC2(N)CCCCC2)C1)S(=O)(=O)c1cc(F)cc(C(F)(F)F)c1. The van der Waals surface area contributed by atoms with E-state index in [1.54, 1.807) is 0 Å². The summed E-state index contributed by atoms with van der Waals surface area (Å²) in [5.41, 5.74) is 4.48. The Morgan fingerprint density at radius 3 is 2.28 bits per heavy atom. The zero-order valence-electron chi connectivity index (χ0n) is 18.3. The number of halogens is 4. The van der Waals surface area contributed by atoms with Gasteiger partial charge in [0.1, 0.15) is 5.82 Å². The lowest BCUT2D eigenvalue weighted by atomic mass is 9.73. The van der Waals surface area contributed by atoms with Crippen LogP contribution in [0.2, 0.25) is 0 Å². The van der Waals surface area contributed by atoms with E-state index >= 15 is 0 Å². The molecule has 5 nitrogen and oxygen atoms in total. The van der Waals surface area contributed by atoms with Crippen LogP contribution in [0.4, 0.5) is 17.6 Å². The van der Waals surface area contributed by atoms with Gasteiger partial charge in [0.15, 0.2) is 9.84 Å². The number of rotatable bonds is 6. The van der Waals surface area contributed by atoms with E-state index in [1.807, 2.05) is 0 Å². The molecule has 0 bridgehead atoms. The van der Waals surface area contributed by atoms with Gasteiger partial charge in [0.25, 0.3) is 0 Å². The molecule has 2 aliphatic rings. The lowest BCUT2D eigenvalue weighted by Gasteiger charge is -2.45. The van der Waals surface area contributed by atoms with E-state index in [2.05, 4.69) is 5.32 Å². The van der Waals surface area contributed by atoms with Gasteiger partial charge < -0.3 is 11.1 Å². The fourth-order valence-corrected chi connectivity index (χ4v) is 6.53. The van der Waals surface area contributed by atoms with Crippen molar-refractivity contribution in [1.82, 2.24) is 5.32 Å². The van der Waals surface area contributed by atoms with E-state index in [4.69, 9.17) is 5.73 Å². The molecule has 1 aromatic carbocycles. The van der Waals surface area contributed by atoms with Crippen LogP contribution in [0.5, 0.6) is 0 Å². The van der Waals surface area contributed by atoms with Gasteiger partial charge in [0.05, 0.1) is 15.2 Å². The highest BCUT2D eigenvalue weighted by Gasteiger charge is 2.49. The van der Waals surface area contributed by atoms with Crippen molar-refractivity contribution in [3.63, 3.8) is 0 Å². The molecule has 0 unspecified atom stereocenters. The zero-order chi connectivity index (χ0) is 23.9. The van der Waals surface area contributed by atoms with E-state index in [-0.39, 0.29) is 24.4 Å². The van der Waals surface area contributed by atoms with Crippen molar-refractivity contribution in [3.05, 3.63) is 29.6 Å². The van der Waals surface area contributed by atoms with Crippen LogP contribution in [0.3, 0.4) is 0 Å². The maximum atomic E-state index is 13.8. The highest BCUT2D eigenvalue weighted by Crippen LogP contribution is 2.44. The zero-order valence-corrected chi connectivity index (χ0v) is 19.1. The lowest BCUT2D eigenvalue weighted by Crippen LogP contribution is -2.55. The number of sulfone groups is 1. The minimum atomic E-state index is -4.86. The third kappa shape index (κ3) is 5.11. The number of alkyl halides is 3. The van der Waals surface area contributed by atoms with Crippen LogP contribution in [0, 0.1) is 11.7 Å². The van der Waals surface area contributed by atoms with E-state index in [1.165, 1.54) is 13.8 Å². The van der Waals surface area contributed by atoms with Crippen molar-refractivity contribution in [1.29, 1.82) is 0 Å². The van der Waals surface area contributed by atoms with Gasteiger partial charge in [-0.2, -0.15) is 13.2 Å². The molecule has 2 aliphatic carbocycles. The van der Waals surface area contributed by atoms with Crippen LogP contribution < -0.4 is 11.1 Å². The summed E-state index contributed by atoms with van der Waals surface area (Å²) in [4.78, 5) is 11.7. The Kier molecular flexibility index (Phi) is 6.70. The van der Waals surface area contributed by atoms with Crippen LogP contribution in [-0.2, 0) is 20.8 Å². The van der Waals surface area contributed by atoms with Gasteiger partial charge in [-0.1, -0.05) is 19.3 Å². The van der Waals surface area contributed by atoms with Gasteiger partial charge in [-0.25, -0.2) is 12.8 Å². The fraction of sp³-hybridized carbons (Fsp3) is 0.682. The van der Waals surface area contributed by atoms with Crippen molar-refractivity contribution in [2.24, 2.45) is 11.7 Å². The summed E-state index contributed by atoms with van der Waals surface area (Å²) in [6.45, 7) is 2.86. The summed E-state index contributed by atoms with van der Waals surface area (Å²) in [5, 5.41) is 2.90. The number of hydrogen-bond acceptors (Lipinski definition) is 4. The second kappa shape index (κ2) is 8.59. The maximum absolute atomic E-state index is 13.8. The molecule has 0 saturated heterocycles. The van der Waals surface area contributed by atoms with Gasteiger partial charge in [-0.05, 0) is 63.6 Å². The average Bonchev–Trinajstić information content (AvgIpc) is 2.63. The Morgan fingerprint density at radius 2 is 1.72 bits per heavy atom. The first-order valence-electron chi connectivity index (χ1n) is 10.8. The molecule has 2 saturated carbocycles. The number of carbonyl (C=O) groups is 1. The number of benzene rings is 1. The van der Waals surface area contributed by atoms with Crippen LogP contribution in [0.15, 0.2) is 23.1 Å². The van der Waals surface area contributed by atoms with Gasteiger partial charge >= 0.3 is 6.18 Å². The van der Waals surface area contributed by atoms with Crippen LogP contribution in [0.25, 0.3) is 0 Å². The first kappa shape index (κ1) is 25.0. The lowest BCUT2D eigenvalue weighted by molar-refractivity contribution is -0.138. The van der Waals surface area contributed by atoms with E-state index in [9.17, 15) is 30.8 Å². The maximum Gasteiger partial charge on any atom is 0.416 e. The first-order chi connectivity index (χ1) is 14.6. The van der Waals surface area contributed by atoms with E-state index in [0.29, 0.717) is 25.0 Å². The molecule has 0 heterocycles. The molecule has 1 amide bonds. The summed E-state index contributed by atoms with van der Waals surface area (Å²) >= 11 is 0. The topological polar surface area (TPSA) is 89.3 Å². The quantitative estimate of drug-likeness (QED) is 0.595. The standard InChI is InChI=1S/C22H30F4N2O3S/c1-20(2,32(30,31)18-11-15(22(24,25)26)8-16(23)12-18)14-9-17(10-14)28-19(29)13-21(27)6-4-3-5-7-21/h8,11-12,14,17H,3-7,9-10,13,27H2,1-2H3,(H,28,29)/t14-,17+. The Labute approximate surface area is 186 Å². The van der Waals surface area contributed by atoms with Gasteiger partial charge in [-0.3, -0.25) is 4.79 Å². The molecule has 0 aromatic heterocycles. The first-order valence-corrected chi connectivity index (χ1v) is 12.3. The number of nitrogens with one attached hydrogen (secondary N) is 1. The molecule has 180 valence electrons. The average molecular weight is 479 g/mol. The van der Waals surface area contributed by atoms with Crippen molar-refractivity contribution < 1.29 is 30.8 Å². The summed E-state index contributed by atoms with van der Waals surface area (Å²) in [5.74, 6) is -1.82. The van der Waals surface area contributed by atoms with Gasteiger partial charge in [0, 0.05) is 18.0 Å². The molecule has 2 fully saturated rings. The van der Waals surface area contributed by atoms with Gasteiger partial charge in [0.2, 0.25) is 5.91 Å². The molecular weight excluding hydrogens is 448 g/mol. The summed E-state index contributed by atoms with van der Waals surface area (Å²) in [7, 11) is -4.26. The van der Waals surface area contributed by atoms with Crippen molar-refractivity contribution in [2.45, 2.75) is 92.6 Å². The fourth-order valence-electron chi connectivity index (χ4n) is 4.74. The molecule has 32 heavy (non-hydrogen) atoms. The van der Waals surface area contributed by atoms with Crippen LogP contribution in [0.1, 0.15) is 70.8 Å². The Balaban J connectivity index is 1.65. The summed E-state index contributed by atoms with van der Waals surface area (Å²) in [6.07, 6.45) is 0.812. The Hall–Kier alpha value is -1.68. The van der Waals surface area contributed by atoms with Crippen molar-refractivity contribution in [3.8, 4) is 0 Å². The number of carbonyl (C=O) groups excluding carboxylic acids is 1. The normalized spacial score (nSPS) is 24.0. The molecule has 0 spiro atoms. The second-order valence-corrected chi connectivity index (χ2v) is 12.3. The Morgan fingerprint density at radius 1 is 1.12 bits per heavy atom. The van der Waals surface area contributed by atoms with Crippen molar-refractivity contribution >= 4 is 15.7 Å². The third-order valence-electron chi connectivity index (χ3n) is 7.05. The Bertz CT molecular complexity index is 964. The highest BCUT2D eigenvalue weighted by molar-refractivity contribution is 7.92. The monoisotopic (exact) mass is 478 g/mol. The minimum absolute atomic E-state index is 0.168. The third-order valence-corrected chi connectivity index (χ3v) is 9.62. The second-order valence-electron chi connectivity index (χ2n) is 9.81. The molecule has 3 rings (SSSR count). The molecule has 10 heteroatoms. The minimum Gasteiger partial charge on any atom is -0.353 e. The van der Waals surface area contributed by atoms with E-state index in [0.717, 1.165) is 32.1 Å². The van der Waals surface area contributed by atoms with E-state index < -0.39 is 48.5 Å². The smallest absolute Gasteiger partial charge is 0.353 e. The largest absolute Gasteiger partial charge is 0.416 e. The predicted molar refractivity (Wildman–Crippen MR) is 112 cm³/mol. The number of nitrogens with two attached hydrogens (primary N) is 1. The van der Waals surface area contributed by atoms with Crippen LogP contribution in [-0.4, -0.2) is 30.7 Å².